The summed E-state index contributed by atoms with van der Waals surface area (Å²) in [6.07, 6.45) is 6.13. The molecule has 0 unspecified atom stereocenters. The average molecular weight is 931 g/mol. The molecule has 6 aromatic rings. The number of aryl methyl sites for hydroxylation is 2. The van der Waals surface area contributed by atoms with Crippen molar-refractivity contribution in [1.29, 1.82) is 0 Å². The molecule has 4 aromatic carbocycles. The molecule has 0 saturated heterocycles. The summed E-state index contributed by atoms with van der Waals surface area (Å²) < 4.78 is 4.26. The largest absolute Gasteiger partial charge is 0.395 e. The zero-order valence-corrected chi connectivity index (χ0v) is 38.7. The number of aliphatic hydroxyl groups is 4. The van der Waals surface area contributed by atoms with E-state index in [1.807, 2.05) is 131 Å². The van der Waals surface area contributed by atoms with Gasteiger partial charge >= 0.3 is 0 Å². The number of benzene rings is 4. The minimum Gasteiger partial charge on any atom is -0.395 e. The Morgan fingerprint density at radius 1 is 0.507 bits per heavy atom. The highest BCUT2D eigenvalue weighted by atomic mass is 32.2. The minimum atomic E-state index is -0.00135. The van der Waals surface area contributed by atoms with Crippen LogP contribution in [0, 0.1) is 0 Å². The van der Waals surface area contributed by atoms with Crippen molar-refractivity contribution in [1.82, 2.24) is 10.6 Å². The van der Waals surface area contributed by atoms with Crippen molar-refractivity contribution in [3.8, 4) is 0 Å². The number of nitrogens with one attached hydrogen (secondary N) is 2. The molecule has 0 spiro atoms. The maximum Gasteiger partial charge on any atom is 0.220 e. The lowest BCUT2D eigenvalue weighted by Crippen LogP contribution is -2.35. The lowest BCUT2D eigenvalue weighted by atomic mass is 10.1. The minimum absolute atomic E-state index is 0.00135. The van der Waals surface area contributed by atoms with E-state index >= 15 is 0 Å². The highest BCUT2D eigenvalue weighted by Crippen LogP contribution is 2.28. The Balaban J connectivity index is 0.855. The number of para-hydroxylation sites is 2. The van der Waals surface area contributed by atoms with Gasteiger partial charge in [0.05, 0.1) is 48.6 Å². The molecule has 0 atom stereocenters. The van der Waals surface area contributed by atoms with Crippen LogP contribution >= 0.6 is 11.8 Å². The van der Waals surface area contributed by atoms with E-state index in [1.54, 1.807) is 11.8 Å². The molecule has 0 radical (unpaired) electrons. The fourth-order valence-corrected chi connectivity index (χ4v) is 8.33. The number of aromatic nitrogens is 2. The average Bonchev–Trinajstić information content (AvgIpc) is 3.35. The van der Waals surface area contributed by atoms with Gasteiger partial charge in [0.1, 0.15) is 24.5 Å². The fraction of sp³-hybridized carbons (Fsp3) is 0.360. The van der Waals surface area contributed by atoms with Crippen LogP contribution in [0.2, 0.25) is 0 Å². The number of fused-ring (bicyclic) bond motifs is 2. The molecule has 17 heteroatoms. The third kappa shape index (κ3) is 15.3. The number of hydrogen-bond acceptors (Lipinski definition) is 13. The second kappa shape index (κ2) is 27.3. The standard InChI is InChI=1S/C50H60N10O6S/c61-33-29-57(30-34-62)41-17-13-39(14-18-41)53-55-45-21-27-59(47-9-3-1-7-43(45)47)25-5-11-49(65)51-23-37-67-38-24-52-50(66)12-6-26-60-28-22-46(44-8-2-4-10-48(44)60)56-54-40-15-19-42(20-16-40)58(31-35-63)32-36-64/h1-4,7-10,13-22,27-28,61-64H,5-6,11-12,23-26,29-38H2/p+2. The lowest BCUT2D eigenvalue weighted by Gasteiger charge is -2.22. The normalized spacial score (nSPS) is 11.5. The van der Waals surface area contributed by atoms with E-state index in [0.29, 0.717) is 89.4 Å². The van der Waals surface area contributed by atoms with E-state index in [-0.39, 0.29) is 38.2 Å². The Morgan fingerprint density at radius 2 is 0.896 bits per heavy atom. The molecule has 0 fully saturated rings. The molecule has 16 nitrogen and oxygen atoms in total. The molecule has 0 aliphatic heterocycles. The van der Waals surface area contributed by atoms with Crippen LogP contribution in [-0.4, -0.2) is 109 Å². The summed E-state index contributed by atoms with van der Waals surface area (Å²) in [5.41, 5.74) is 6.65. The highest BCUT2D eigenvalue weighted by Gasteiger charge is 2.15. The van der Waals surface area contributed by atoms with E-state index in [0.717, 1.165) is 56.1 Å². The van der Waals surface area contributed by atoms with Crippen molar-refractivity contribution in [3.63, 3.8) is 0 Å². The van der Waals surface area contributed by atoms with Crippen LogP contribution in [0.1, 0.15) is 25.7 Å². The molecule has 0 aliphatic rings. The smallest absolute Gasteiger partial charge is 0.220 e. The molecule has 0 bridgehead atoms. The summed E-state index contributed by atoms with van der Waals surface area (Å²) in [6.45, 7) is 4.20. The van der Waals surface area contributed by atoms with Crippen molar-refractivity contribution in [2.45, 2.75) is 38.8 Å². The van der Waals surface area contributed by atoms with Crippen LogP contribution in [0.15, 0.2) is 142 Å². The molecule has 0 aliphatic carbocycles. The molecule has 6 N–H and O–H groups in total. The first kappa shape index (κ1) is 50.1. The number of hydrogen-bond donors (Lipinski definition) is 6. The first-order valence-electron chi connectivity index (χ1n) is 22.8. The van der Waals surface area contributed by atoms with Gasteiger partial charge in [-0.3, -0.25) is 9.59 Å². The van der Waals surface area contributed by atoms with Gasteiger partial charge in [-0.05, 0) is 60.7 Å². The summed E-state index contributed by atoms with van der Waals surface area (Å²) in [5, 5.41) is 63.3. The SMILES string of the molecule is O=C(CCC[n+]1ccc(N=Nc2ccc(N(CCO)CCO)cc2)c2ccccc21)NCCSCCNC(=O)CCC[n+]1ccc(N=Nc2ccc(N(CCO)CCO)cc2)c2ccccc21. The maximum atomic E-state index is 12.6. The number of nitrogens with zero attached hydrogens (tertiary/aromatic N) is 8. The van der Waals surface area contributed by atoms with Gasteiger partial charge in [0.2, 0.25) is 22.8 Å². The van der Waals surface area contributed by atoms with Gasteiger partial charge in [-0.25, -0.2) is 0 Å². The fourth-order valence-electron chi connectivity index (χ4n) is 7.64. The molecule has 6 rings (SSSR count). The number of pyridine rings is 2. The summed E-state index contributed by atoms with van der Waals surface area (Å²) >= 11 is 1.69. The summed E-state index contributed by atoms with van der Waals surface area (Å²) in [4.78, 5) is 29.1. The first-order chi connectivity index (χ1) is 32.9. The second-order valence-electron chi connectivity index (χ2n) is 15.6. The number of anilines is 2. The topological polar surface area (TPSA) is 203 Å². The zero-order valence-electron chi connectivity index (χ0n) is 37.9. The number of aliphatic hydroxyl groups excluding tert-OH is 4. The van der Waals surface area contributed by atoms with Gasteiger partial charge < -0.3 is 40.9 Å². The number of carbonyl (C=O) groups is 2. The van der Waals surface area contributed by atoms with Gasteiger partial charge in [0.25, 0.3) is 0 Å². The second-order valence-corrected chi connectivity index (χ2v) is 16.9. The number of azo groups is 2. The summed E-state index contributed by atoms with van der Waals surface area (Å²) in [7, 11) is 0. The van der Waals surface area contributed by atoms with Crippen molar-refractivity contribution in [2.75, 3.05) is 87.0 Å². The predicted octanol–water partition coefficient (Wildman–Crippen LogP) is 6.21. The van der Waals surface area contributed by atoms with Crippen molar-refractivity contribution in [3.05, 3.63) is 122 Å². The van der Waals surface area contributed by atoms with Crippen LogP contribution in [-0.2, 0) is 22.7 Å². The van der Waals surface area contributed by atoms with Crippen LogP contribution in [0.5, 0.6) is 0 Å². The Bertz CT molecular complexity index is 2360. The molecule has 2 aromatic heterocycles. The van der Waals surface area contributed by atoms with Gasteiger partial charge in [0, 0.05) is 112 Å². The third-order valence-electron chi connectivity index (χ3n) is 11.0. The molecule has 67 heavy (non-hydrogen) atoms. The Kier molecular flexibility index (Phi) is 20.4. The van der Waals surface area contributed by atoms with E-state index < -0.39 is 0 Å². The Morgan fingerprint density at radius 3 is 1.28 bits per heavy atom. The molecule has 2 amide bonds. The van der Waals surface area contributed by atoms with E-state index in [1.165, 1.54) is 0 Å². The number of rotatable bonds is 28. The Hall–Kier alpha value is -6.37. The highest BCUT2D eigenvalue weighted by molar-refractivity contribution is 7.99. The quantitative estimate of drug-likeness (QED) is 0.0188. The van der Waals surface area contributed by atoms with Gasteiger partial charge in [0.15, 0.2) is 12.4 Å². The van der Waals surface area contributed by atoms with Gasteiger partial charge in [-0.2, -0.15) is 31.1 Å². The maximum absolute atomic E-state index is 12.6. The van der Waals surface area contributed by atoms with Crippen molar-refractivity contribution in [2.24, 2.45) is 20.5 Å². The van der Waals surface area contributed by atoms with Crippen LogP contribution < -0.4 is 29.6 Å². The first-order valence-corrected chi connectivity index (χ1v) is 24.0. The number of carbonyl (C=O) groups excluding carboxylic acids is 2. The molecular formula is C50H62N10O6S+2. The zero-order chi connectivity index (χ0) is 47.1. The van der Waals surface area contributed by atoms with Gasteiger partial charge in [-0.15, -0.1) is 10.2 Å². The third-order valence-corrected chi connectivity index (χ3v) is 12.0. The number of thioether (sulfide) groups is 1. The van der Waals surface area contributed by atoms with Crippen LogP contribution in [0.3, 0.4) is 0 Å². The lowest BCUT2D eigenvalue weighted by molar-refractivity contribution is -0.671. The molecule has 2 heterocycles. The van der Waals surface area contributed by atoms with E-state index in [2.05, 4.69) is 40.2 Å². The van der Waals surface area contributed by atoms with Crippen molar-refractivity contribution >= 4 is 79.5 Å². The van der Waals surface area contributed by atoms with E-state index in [4.69, 9.17) is 0 Å². The van der Waals surface area contributed by atoms with Gasteiger partial charge in [-0.1, -0.05) is 24.3 Å². The molecule has 0 saturated carbocycles. The predicted molar refractivity (Wildman–Crippen MR) is 264 cm³/mol. The number of amides is 2. The molecule has 352 valence electrons. The summed E-state index contributed by atoms with van der Waals surface area (Å²) in [6, 6.07) is 34.9. The van der Waals surface area contributed by atoms with Crippen molar-refractivity contribution < 1.29 is 39.1 Å². The summed E-state index contributed by atoms with van der Waals surface area (Å²) in [5.74, 6) is 1.54. The monoisotopic (exact) mass is 930 g/mol. The Labute approximate surface area is 395 Å². The van der Waals surface area contributed by atoms with Crippen LogP contribution in [0.4, 0.5) is 34.1 Å². The molecular weight excluding hydrogens is 869 g/mol. The van der Waals surface area contributed by atoms with Crippen LogP contribution in [0.25, 0.3) is 21.8 Å². The van der Waals surface area contributed by atoms with E-state index in [9.17, 15) is 30.0 Å².